The number of imidazole rings is 1. The number of fused-ring (bicyclic) bond motifs is 1. The summed E-state index contributed by atoms with van der Waals surface area (Å²) in [4.78, 5) is 23.2. The van der Waals surface area contributed by atoms with Crippen LogP contribution >= 0.6 is 0 Å². The van der Waals surface area contributed by atoms with Crippen molar-refractivity contribution < 1.29 is 14.3 Å². The van der Waals surface area contributed by atoms with Crippen LogP contribution in [0, 0.1) is 0 Å². The summed E-state index contributed by atoms with van der Waals surface area (Å²) in [6.45, 7) is 7.87. The van der Waals surface area contributed by atoms with Crippen LogP contribution in [0.15, 0.2) is 12.4 Å². The number of aromatic nitrogens is 2. The minimum absolute atomic E-state index is 0.00356. The molecule has 3 saturated heterocycles. The van der Waals surface area contributed by atoms with Crippen molar-refractivity contribution in [3.05, 3.63) is 18.2 Å². The Morgan fingerprint density at radius 3 is 2.80 bits per heavy atom. The molecule has 1 amide bonds. The fourth-order valence-corrected chi connectivity index (χ4v) is 4.00. The molecule has 2 atom stereocenters. The van der Waals surface area contributed by atoms with Crippen molar-refractivity contribution in [1.29, 1.82) is 0 Å². The number of ether oxygens (including phenoxy) is 2. The molecule has 0 aliphatic carbocycles. The Hall–Kier alpha value is -1.64. The summed E-state index contributed by atoms with van der Waals surface area (Å²) in [5.74, 6) is 1.05. The number of likely N-dealkylation sites (tertiary alicyclic amines) is 1. The van der Waals surface area contributed by atoms with Crippen molar-refractivity contribution in [2.45, 2.75) is 25.1 Å². The maximum Gasteiger partial charge on any atom is 0.410 e. The Kier molecular flexibility index (Phi) is 4.91. The second-order valence-corrected chi connectivity index (χ2v) is 7.14. The van der Waals surface area contributed by atoms with E-state index < -0.39 is 0 Å². The lowest BCUT2D eigenvalue weighted by molar-refractivity contribution is 0.0362. The van der Waals surface area contributed by atoms with Gasteiger partial charge in [0.1, 0.15) is 11.9 Å². The first-order chi connectivity index (χ1) is 12.2. The molecule has 138 valence electrons. The molecule has 3 aliphatic heterocycles. The van der Waals surface area contributed by atoms with Crippen LogP contribution in [-0.2, 0) is 23.1 Å². The number of amides is 1. The van der Waals surface area contributed by atoms with E-state index in [0.29, 0.717) is 0 Å². The molecule has 0 unspecified atom stereocenters. The summed E-state index contributed by atoms with van der Waals surface area (Å²) in [5, 5.41) is 0. The third-order valence-corrected chi connectivity index (χ3v) is 5.46. The number of hydrogen-bond donors (Lipinski definition) is 0. The van der Waals surface area contributed by atoms with Gasteiger partial charge in [-0.3, -0.25) is 9.80 Å². The molecule has 0 saturated carbocycles. The van der Waals surface area contributed by atoms with Crippen LogP contribution < -0.4 is 0 Å². The van der Waals surface area contributed by atoms with Gasteiger partial charge >= 0.3 is 6.09 Å². The van der Waals surface area contributed by atoms with Crippen molar-refractivity contribution >= 4 is 6.09 Å². The number of aryl methyl sites for hydroxylation is 1. The van der Waals surface area contributed by atoms with Gasteiger partial charge in [0, 0.05) is 58.7 Å². The highest BCUT2D eigenvalue weighted by atomic mass is 16.6. The van der Waals surface area contributed by atoms with Gasteiger partial charge in [0.05, 0.1) is 25.8 Å². The van der Waals surface area contributed by atoms with Gasteiger partial charge in [0.25, 0.3) is 0 Å². The molecule has 3 aliphatic rings. The van der Waals surface area contributed by atoms with Crippen molar-refractivity contribution in [2.75, 3.05) is 52.5 Å². The molecule has 0 aromatic carbocycles. The zero-order chi connectivity index (χ0) is 17.2. The lowest BCUT2D eigenvalue weighted by atomic mass is 10.2. The molecule has 4 rings (SSSR count). The predicted molar refractivity (Wildman–Crippen MR) is 91.1 cm³/mol. The number of morpholine rings is 1. The molecular weight excluding hydrogens is 322 g/mol. The van der Waals surface area contributed by atoms with E-state index >= 15 is 0 Å². The molecule has 0 bridgehead atoms. The predicted octanol–water partition coefficient (Wildman–Crippen LogP) is 0.147. The van der Waals surface area contributed by atoms with E-state index in [0.717, 1.165) is 71.3 Å². The zero-order valence-electron chi connectivity index (χ0n) is 14.8. The lowest BCUT2D eigenvalue weighted by Gasteiger charge is -2.28. The minimum Gasteiger partial charge on any atom is -0.442 e. The third-order valence-electron chi connectivity index (χ3n) is 5.46. The molecule has 0 spiro atoms. The quantitative estimate of drug-likeness (QED) is 0.728. The first-order valence-corrected chi connectivity index (χ1v) is 9.16. The van der Waals surface area contributed by atoms with Gasteiger partial charge in [0.15, 0.2) is 0 Å². The maximum atomic E-state index is 12.2. The summed E-state index contributed by atoms with van der Waals surface area (Å²) in [7, 11) is 2.01. The Bertz CT molecular complexity index is 601. The van der Waals surface area contributed by atoms with Crippen molar-refractivity contribution in [1.82, 2.24) is 24.3 Å². The molecule has 4 heterocycles. The number of hydrogen-bond acceptors (Lipinski definition) is 6. The van der Waals surface area contributed by atoms with Gasteiger partial charge in [-0.05, 0) is 6.42 Å². The standard InChI is InChI=1S/C17H27N5O3/c1-19-6-3-18-16(19)13-21-11-14-15(12-21)25-17(23)22(14)5-2-4-20-7-9-24-10-8-20/h3,6,14-15H,2,4-5,7-13H2,1H3/t14-,15+/m1/s1. The van der Waals surface area contributed by atoms with Crippen molar-refractivity contribution in [3.8, 4) is 0 Å². The van der Waals surface area contributed by atoms with Gasteiger partial charge in [-0.15, -0.1) is 0 Å². The topological polar surface area (TPSA) is 63.1 Å². The molecule has 0 N–H and O–H groups in total. The summed E-state index contributed by atoms with van der Waals surface area (Å²) >= 11 is 0. The van der Waals surface area contributed by atoms with Gasteiger partial charge in [0.2, 0.25) is 0 Å². The second-order valence-electron chi connectivity index (χ2n) is 7.14. The molecule has 3 fully saturated rings. The van der Waals surface area contributed by atoms with Gasteiger partial charge in [-0.2, -0.15) is 0 Å². The Balaban J connectivity index is 1.28. The number of carbonyl (C=O) groups excluding carboxylic acids is 1. The monoisotopic (exact) mass is 349 g/mol. The molecule has 0 radical (unpaired) electrons. The highest BCUT2D eigenvalue weighted by Gasteiger charge is 2.47. The summed E-state index contributed by atoms with van der Waals surface area (Å²) < 4.78 is 13.0. The molecule has 25 heavy (non-hydrogen) atoms. The molecule has 1 aromatic heterocycles. The van der Waals surface area contributed by atoms with Gasteiger partial charge < -0.3 is 18.9 Å². The zero-order valence-corrected chi connectivity index (χ0v) is 14.8. The van der Waals surface area contributed by atoms with Crippen LogP contribution in [0.1, 0.15) is 12.2 Å². The molecule has 1 aromatic rings. The number of nitrogens with zero attached hydrogens (tertiary/aromatic N) is 5. The van der Waals surface area contributed by atoms with Crippen LogP contribution in [0.3, 0.4) is 0 Å². The number of carbonyl (C=O) groups is 1. The highest BCUT2D eigenvalue weighted by molar-refractivity contribution is 5.71. The SMILES string of the molecule is Cn1ccnc1CN1C[C@@H]2OC(=O)N(CCCN3CCOCC3)[C@@H]2C1. The van der Waals surface area contributed by atoms with Crippen molar-refractivity contribution in [2.24, 2.45) is 7.05 Å². The van der Waals surface area contributed by atoms with E-state index in [-0.39, 0.29) is 18.2 Å². The molecule has 8 heteroatoms. The maximum absolute atomic E-state index is 12.2. The highest BCUT2D eigenvalue weighted by Crippen LogP contribution is 2.27. The van der Waals surface area contributed by atoms with Crippen LogP contribution in [-0.4, -0.2) is 95.0 Å². The minimum atomic E-state index is -0.145. The first-order valence-electron chi connectivity index (χ1n) is 9.16. The van der Waals surface area contributed by atoms with Crippen LogP contribution in [0.25, 0.3) is 0 Å². The Morgan fingerprint density at radius 2 is 2.04 bits per heavy atom. The smallest absolute Gasteiger partial charge is 0.410 e. The van der Waals surface area contributed by atoms with Crippen LogP contribution in [0.5, 0.6) is 0 Å². The first kappa shape index (κ1) is 16.8. The van der Waals surface area contributed by atoms with E-state index in [4.69, 9.17) is 9.47 Å². The van der Waals surface area contributed by atoms with Gasteiger partial charge in [-0.25, -0.2) is 9.78 Å². The normalized spacial score (nSPS) is 27.7. The van der Waals surface area contributed by atoms with E-state index in [2.05, 4.69) is 14.8 Å². The Morgan fingerprint density at radius 1 is 1.20 bits per heavy atom. The van der Waals surface area contributed by atoms with Crippen LogP contribution in [0.2, 0.25) is 0 Å². The van der Waals surface area contributed by atoms with Gasteiger partial charge in [-0.1, -0.05) is 0 Å². The average molecular weight is 349 g/mol. The van der Waals surface area contributed by atoms with Crippen molar-refractivity contribution in [3.63, 3.8) is 0 Å². The van der Waals surface area contributed by atoms with E-state index in [9.17, 15) is 4.79 Å². The lowest BCUT2D eigenvalue weighted by Crippen LogP contribution is -2.41. The largest absolute Gasteiger partial charge is 0.442 e. The summed E-state index contributed by atoms with van der Waals surface area (Å²) in [6, 6.07) is 0.178. The molecular formula is C17H27N5O3. The molecule has 8 nitrogen and oxygen atoms in total. The summed E-state index contributed by atoms with van der Waals surface area (Å²) in [5.41, 5.74) is 0. The fourth-order valence-electron chi connectivity index (χ4n) is 4.00. The van der Waals surface area contributed by atoms with Crippen LogP contribution in [0.4, 0.5) is 4.79 Å². The fraction of sp³-hybridized carbons (Fsp3) is 0.765. The second kappa shape index (κ2) is 7.31. The average Bonchev–Trinajstić information content (AvgIpc) is 3.26. The Labute approximate surface area is 148 Å². The van der Waals surface area contributed by atoms with E-state index in [1.165, 1.54) is 0 Å². The van der Waals surface area contributed by atoms with E-state index in [1.807, 2.05) is 28.9 Å². The third kappa shape index (κ3) is 3.65. The number of rotatable bonds is 6. The summed E-state index contributed by atoms with van der Waals surface area (Å²) in [6.07, 6.45) is 4.62. The van der Waals surface area contributed by atoms with E-state index in [1.54, 1.807) is 0 Å².